The minimum Gasteiger partial charge on any atom is -0.339 e. The molecule has 0 aliphatic heterocycles. The Kier molecular flexibility index (Phi) is 6.64. The molecule has 0 aromatic carbocycles. The van der Waals surface area contributed by atoms with Gasteiger partial charge < -0.3 is 15.2 Å². The molecule has 3 heterocycles. The van der Waals surface area contributed by atoms with E-state index in [0.29, 0.717) is 18.5 Å². The van der Waals surface area contributed by atoms with Gasteiger partial charge in [-0.25, -0.2) is 0 Å². The van der Waals surface area contributed by atoms with Crippen molar-refractivity contribution in [3.63, 3.8) is 0 Å². The minimum absolute atomic E-state index is 0.0182. The molecule has 11 nitrogen and oxygen atoms in total. The highest BCUT2D eigenvalue weighted by Crippen LogP contribution is 2.51. The van der Waals surface area contributed by atoms with E-state index in [1.54, 1.807) is 10.7 Å². The van der Waals surface area contributed by atoms with E-state index in [0.717, 1.165) is 36.6 Å². The quantitative estimate of drug-likeness (QED) is 0.335. The Balaban J connectivity index is 1.25. The summed E-state index contributed by atoms with van der Waals surface area (Å²) < 4.78 is 58.0. The highest BCUT2D eigenvalue weighted by Gasteiger charge is 2.53. The van der Waals surface area contributed by atoms with Crippen molar-refractivity contribution in [1.82, 2.24) is 39.6 Å². The number of anilines is 1. The second kappa shape index (κ2) is 9.94. The molecule has 15 heteroatoms. The number of alkyl halides is 3. The van der Waals surface area contributed by atoms with Gasteiger partial charge in [-0.3, -0.25) is 19.0 Å². The molecular formula is C26H31F4N9O2. The zero-order valence-corrected chi connectivity index (χ0v) is 22.6. The van der Waals surface area contributed by atoms with Crippen molar-refractivity contribution in [3.05, 3.63) is 42.3 Å². The number of hydrogen-bond acceptors (Lipinski definition) is 6. The topological polar surface area (TPSA) is 125 Å². The monoisotopic (exact) mass is 577 g/mol. The van der Waals surface area contributed by atoms with Crippen molar-refractivity contribution in [2.75, 3.05) is 5.32 Å². The maximum Gasteiger partial charge on any atom is 0.406 e. The number of carbonyl (C=O) groups is 2. The predicted octanol–water partition coefficient (Wildman–Crippen LogP) is 3.66. The van der Waals surface area contributed by atoms with E-state index in [1.807, 2.05) is 13.8 Å². The fraction of sp³-hybridized carbons (Fsp3) is 0.615. The average Bonchev–Trinajstić information content (AvgIpc) is 3.86. The van der Waals surface area contributed by atoms with Crippen LogP contribution in [0.1, 0.15) is 74.7 Å². The number of hydrogen-bond donors (Lipinski definition) is 2. The Hall–Kier alpha value is -3.78. The molecule has 3 fully saturated rings. The lowest BCUT2D eigenvalue weighted by Gasteiger charge is -2.27. The summed E-state index contributed by atoms with van der Waals surface area (Å²) in [4.78, 5) is 27.0. The van der Waals surface area contributed by atoms with Crippen molar-refractivity contribution in [2.45, 2.75) is 82.7 Å². The van der Waals surface area contributed by atoms with Gasteiger partial charge in [0.1, 0.15) is 35.8 Å². The van der Waals surface area contributed by atoms with Gasteiger partial charge in [0.25, 0.3) is 11.9 Å². The number of nitrogens with zero attached hydrogens (tertiary/aromatic N) is 7. The first-order valence-corrected chi connectivity index (χ1v) is 13.8. The second-order valence-electron chi connectivity index (χ2n) is 11.7. The van der Waals surface area contributed by atoms with Gasteiger partial charge >= 0.3 is 6.18 Å². The van der Waals surface area contributed by atoms with Gasteiger partial charge in [0.05, 0.1) is 6.20 Å². The van der Waals surface area contributed by atoms with Crippen LogP contribution in [0.3, 0.4) is 0 Å². The Bertz CT molecular complexity index is 1430. The van der Waals surface area contributed by atoms with Crippen molar-refractivity contribution < 1.29 is 27.2 Å². The summed E-state index contributed by atoms with van der Waals surface area (Å²) in [6.45, 7) is 2.50. The lowest BCUT2D eigenvalue weighted by molar-refractivity contribution is -0.141. The van der Waals surface area contributed by atoms with Crippen LogP contribution in [-0.2, 0) is 16.9 Å². The molecule has 3 aromatic heterocycles. The van der Waals surface area contributed by atoms with Gasteiger partial charge in [0.15, 0.2) is 5.82 Å². The zero-order valence-electron chi connectivity index (χ0n) is 22.6. The first-order chi connectivity index (χ1) is 19.5. The average molecular weight is 578 g/mol. The van der Waals surface area contributed by atoms with Crippen molar-refractivity contribution >= 4 is 17.5 Å². The molecule has 41 heavy (non-hydrogen) atoms. The molecule has 3 saturated carbocycles. The Morgan fingerprint density at radius 3 is 2.41 bits per heavy atom. The summed E-state index contributed by atoms with van der Waals surface area (Å²) >= 11 is 0. The molecule has 0 bridgehead atoms. The number of rotatable bonds is 11. The van der Waals surface area contributed by atoms with E-state index in [2.05, 4.69) is 31.0 Å². The third-order valence-corrected chi connectivity index (χ3v) is 8.15. The second-order valence-corrected chi connectivity index (χ2v) is 11.7. The fourth-order valence-electron chi connectivity index (χ4n) is 5.81. The van der Waals surface area contributed by atoms with E-state index in [1.165, 1.54) is 17.1 Å². The molecule has 3 aliphatic carbocycles. The van der Waals surface area contributed by atoms with Gasteiger partial charge in [-0.15, -0.1) is 15.3 Å². The number of amides is 2. The third kappa shape index (κ3) is 5.45. The van der Waals surface area contributed by atoms with Crippen LogP contribution in [0, 0.1) is 23.7 Å². The van der Waals surface area contributed by atoms with E-state index < -0.39 is 42.1 Å². The fourth-order valence-corrected chi connectivity index (χ4v) is 5.81. The Morgan fingerprint density at radius 1 is 1.15 bits per heavy atom. The molecule has 3 aliphatic rings. The summed E-state index contributed by atoms with van der Waals surface area (Å²) in [5.41, 5.74) is -1.00. The van der Waals surface area contributed by atoms with Crippen LogP contribution in [0.4, 0.5) is 23.2 Å². The molecule has 2 N–H and O–H groups in total. The van der Waals surface area contributed by atoms with Crippen molar-refractivity contribution in [3.8, 4) is 0 Å². The maximum absolute atomic E-state index is 15.1. The first-order valence-electron chi connectivity index (χ1n) is 13.8. The number of nitrogens with one attached hydrogen (secondary N) is 2. The van der Waals surface area contributed by atoms with Gasteiger partial charge in [-0.2, -0.15) is 22.7 Å². The predicted molar refractivity (Wildman–Crippen MR) is 136 cm³/mol. The van der Waals surface area contributed by atoms with Gasteiger partial charge in [-0.05, 0) is 76.2 Å². The van der Waals surface area contributed by atoms with Crippen LogP contribution >= 0.6 is 0 Å². The van der Waals surface area contributed by atoms with Crippen LogP contribution < -0.4 is 10.6 Å². The van der Waals surface area contributed by atoms with Crippen LogP contribution in [-0.4, -0.2) is 58.4 Å². The minimum atomic E-state index is -4.49. The Morgan fingerprint density at radius 2 is 1.83 bits per heavy atom. The molecule has 0 spiro atoms. The molecule has 0 unspecified atom stereocenters. The van der Waals surface area contributed by atoms with E-state index in [4.69, 9.17) is 0 Å². The van der Waals surface area contributed by atoms with Crippen LogP contribution in [0.15, 0.2) is 24.8 Å². The van der Waals surface area contributed by atoms with E-state index in [-0.39, 0.29) is 35.3 Å². The smallest absolute Gasteiger partial charge is 0.339 e. The molecule has 3 aromatic rings. The number of halogens is 4. The van der Waals surface area contributed by atoms with E-state index in [9.17, 15) is 22.8 Å². The highest BCUT2D eigenvalue weighted by molar-refractivity contribution is 6.00. The number of aromatic nitrogens is 7. The summed E-state index contributed by atoms with van der Waals surface area (Å²) in [6, 6.07) is 0.604. The lowest BCUT2D eigenvalue weighted by atomic mass is 9.88. The maximum atomic E-state index is 15.1. The summed E-state index contributed by atoms with van der Waals surface area (Å²) in [5, 5.41) is 21.1. The number of carbonyl (C=O) groups excluding carboxylic acids is 2. The third-order valence-electron chi connectivity index (χ3n) is 8.15. The SMILES string of the molecule is CC(C)n1nccc1C(=O)N[C@H](C(=O)Nc1cn(C2(c3nncn3CC(F)(F)F)CC2)nc1F)C(C1CC1)C1CC1. The molecule has 2 amide bonds. The molecular weight excluding hydrogens is 546 g/mol. The largest absolute Gasteiger partial charge is 0.406 e. The standard InChI is InChI=1S/C26H31F4N9O2/c1-14(2)39-18(7-10-32-39)22(40)34-20(19(15-3-4-15)16-5-6-16)23(41)33-17-11-38(36-21(17)27)25(8-9-25)24-35-31-13-37(24)12-26(28,29)30/h7,10-11,13-16,19-20H,3-6,8-9,12H2,1-2H3,(H,33,41)(H,34,40)/t20-/m0/s1. The van der Waals surface area contributed by atoms with Gasteiger partial charge in [-0.1, -0.05) is 0 Å². The molecule has 6 rings (SSSR count). The summed E-state index contributed by atoms with van der Waals surface area (Å²) in [7, 11) is 0. The zero-order chi connectivity index (χ0) is 29.1. The molecule has 0 radical (unpaired) electrons. The van der Waals surface area contributed by atoms with Crippen LogP contribution in [0.5, 0.6) is 0 Å². The molecule has 0 saturated heterocycles. The first kappa shape index (κ1) is 27.4. The molecule has 220 valence electrons. The summed E-state index contributed by atoms with van der Waals surface area (Å²) in [6.07, 6.45) is 3.87. The van der Waals surface area contributed by atoms with Gasteiger partial charge in [0.2, 0.25) is 5.91 Å². The molecule has 1 atom stereocenters. The van der Waals surface area contributed by atoms with E-state index >= 15 is 4.39 Å². The lowest BCUT2D eigenvalue weighted by Crippen LogP contribution is -2.50. The summed E-state index contributed by atoms with van der Waals surface area (Å²) in [5.74, 6) is -1.50. The van der Waals surface area contributed by atoms with Crippen molar-refractivity contribution in [2.24, 2.45) is 17.8 Å². The Labute approximate surface area is 232 Å². The van der Waals surface area contributed by atoms with Crippen molar-refractivity contribution in [1.29, 1.82) is 0 Å². The normalized spacial score (nSPS) is 19.0. The van der Waals surface area contributed by atoms with Gasteiger partial charge in [0, 0.05) is 12.2 Å². The van der Waals surface area contributed by atoms with Crippen LogP contribution in [0.2, 0.25) is 0 Å². The highest BCUT2D eigenvalue weighted by atomic mass is 19.4. The van der Waals surface area contributed by atoms with Crippen LogP contribution in [0.25, 0.3) is 0 Å².